The lowest BCUT2D eigenvalue weighted by Crippen LogP contribution is -2.29. The minimum absolute atomic E-state index is 0.0478. The molecule has 17 heavy (non-hydrogen) atoms. The van der Waals surface area contributed by atoms with Crippen molar-refractivity contribution in [1.82, 2.24) is 15.5 Å². The first-order chi connectivity index (χ1) is 8.30. The lowest BCUT2D eigenvalue weighted by atomic mass is 9.82. The monoisotopic (exact) mass is 239 g/mol. The largest absolute Gasteiger partial charge is 0.374 e. The van der Waals surface area contributed by atoms with Crippen LogP contribution >= 0.6 is 0 Å². The molecule has 0 amide bonds. The second-order valence-corrected chi connectivity index (χ2v) is 4.61. The normalized spacial score (nSPS) is 24.4. The van der Waals surface area contributed by atoms with Crippen molar-refractivity contribution in [2.75, 3.05) is 19.7 Å². The molecule has 1 aliphatic rings. The number of aromatic nitrogens is 2. The van der Waals surface area contributed by atoms with E-state index in [9.17, 15) is 0 Å². The Labute approximate surface area is 102 Å². The second-order valence-electron chi connectivity index (χ2n) is 4.61. The van der Waals surface area contributed by atoms with E-state index in [1.54, 1.807) is 0 Å². The molecule has 5 heteroatoms. The van der Waals surface area contributed by atoms with Gasteiger partial charge in [0.1, 0.15) is 6.61 Å². The van der Waals surface area contributed by atoms with Gasteiger partial charge in [-0.2, -0.15) is 4.98 Å². The maximum atomic E-state index is 5.42. The summed E-state index contributed by atoms with van der Waals surface area (Å²) in [6.07, 6.45) is 3.30. The molecule has 2 heterocycles. The molecule has 1 atom stereocenters. The summed E-state index contributed by atoms with van der Waals surface area (Å²) < 4.78 is 10.7. The molecule has 5 nitrogen and oxygen atoms in total. The van der Waals surface area contributed by atoms with Gasteiger partial charge in [-0.05, 0) is 26.3 Å². The van der Waals surface area contributed by atoms with Gasteiger partial charge >= 0.3 is 0 Å². The lowest BCUT2D eigenvalue weighted by molar-refractivity contribution is 0.126. The molecular formula is C12H21N3O2. The van der Waals surface area contributed by atoms with E-state index < -0.39 is 0 Å². The molecule has 96 valence electrons. The maximum absolute atomic E-state index is 5.42. The Morgan fingerprint density at radius 3 is 3.00 bits per heavy atom. The van der Waals surface area contributed by atoms with Crippen molar-refractivity contribution < 1.29 is 9.26 Å². The van der Waals surface area contributed by atoms with E-state index in [2.05, 4.69) is 22.4 Å². The van der Waals surface area contributed by atoms with Gasteiger partial charge in [-0.25, -0.2) is 0 Å². The summed E-state index contributed by atoms with van der Waals surface area (Å²) in [4.78, 5) is 4.48. The summed E-state index contributed by atoms with van der Waals surface area (Å²) in [6, 6.07) is 0. The Kier molecular flexibility index (Phi) is 4.12. The molecule has 0 aliphatic carbocycles. The molecule has 1 fully saturated rings. The van der Waals surface area contributed by atoms with E-state index in [0.29, 0.717) is 19.0 Å². The summed E-state index contributed by atoms with van der Waals surface area (Å²) >= 11 is 0. The average molecular weight is 239 g/mol. The number of rotatable bonds is 6. The van der Waals surface area contributed by atoms with Gasteiger partial charge in [0.2, 0.25) is 5.89 Å². The van der Waals surface area contributed by atoms with Crippen LogP contribution < -0.4 is 5.32 Å². The topological polar surface area (TPSA) is 60.2 Å². The average Bonchev–Trinajstić information content (AvgIpc) is 2.96. The first-order valence-corrected chi connectivity index (χ1v) is 6.42. The molecule has 1 saturated heterocycles. The molecule has 1 N–H and O–H groups in total. The predicted molar refractivity (Wildman–Crippen MR) is 63.7 cm³/mol. The third-order valence-corrected chi connectivity index (χ3v) is 3.33. The van der Waals surface area contributed by atoms with E-state index in [4.69, 9.17) is 9.26 Å². The zero-order chi connectivity index (χ0) is 12.1. The Hall–Kier alpha value is -0.940. The summed E-state index contributed by atoms with van der Waals surface area (Å²) in [7, 11) is 0. The van der Waals surface area contributed by atoms with Crippen molar-refractivity contribution in [3.63, 3.8) is 0 Å². The van der Waals surface area contributed by atoms with Crippen LogP contribution in [0.1, 0.15) is 44.8 Å². The van der Waals surface area contributed by atoms with Gasteiger partial charge in [0.25, 0.3) is 0 Å². The van der Waals surface area contributed by atoms with Crippen molar-refractivity contribution in [1.29, 1.82) is 0 Å². The summed E-state index contributed by atoms with van der Waals surface area (Å²) in [5, 5.41) is 7.38. The number of nitrogens with zero attached hydrogens (tertiary/aromatic N) is 2. The van der Waals surface area contributed by atoms with Crippen molar-refractivity contribution in [2.45, 2.75) is 45.1 Å². The summed E-state index contributed by atoms with van der Waals surface area (Å²) in [5.41, 5.74) is 0.0478. The smallest absolute Gasteiger partial charge is 0.234 e. The zero-order valence-corrected chi connectivity index (χ0v) is 10.7. The Morgan fingerprint density at radius 1 is 1.47 bits per heavy atom. The quantitative estimate of drug-likeness (QED) is 0.817. The van der Waals surface area contributed by atoms with E-state index in [-0.39, 0.29) is 5.41 Å². The molecule has 1 aromatic rings. The van der Waals surface area contributed by atoms with Crippen LogP contribution in [-0.4, -0.2) is 29.8 Å². The van der Waals surface area contributed by atoms with E-state index >= 15 is 0 Å². The summed E-state index contributed by atoms with van der Waals surface area (Å²) in [6.45, 7) is 7.24. The van der Waals surface area contributed by atoms with Crippen LogP contribution in [0, 0.1) is 0 Å². The molecule has 0 bridgehead atoms. The molecule has 0 saturated carbocycles. The third-order valence-electron chi connectivity index (χ3n) is 3.33. The standard InChI is InChI=1S/C12H21N3O2/c1-3-5-12(6-7-13-9-12)11-14-10(15-17-11)8-16-4-2/h13H,3-9H2,1-2H3. The predicted octanol–water partition coefficient (Wildman–Crippen LogP) is 1.64. The molecule has 0 spiro atoms. The van der Waals surface area contributed by atoms with Crippen molar-refractivity contribution in [3.8, 4) is 0 Å². The lowest BCUT2D eigenvalue weighted by Gasteiger charge is -2.22. The fourth-order valence-electron chi connectivity index (χ4n) is 2.45. The minimum atomic E-state index is 0.0478. The number of hydrogen-bond acceptors (Lipinski definition) is 5. The van der Waals surface area contributed by atoms with E-state index in [1.165, 1.54) is 0 Å². The first-order valence-electron chi connectivity index (χ1n) is 6.42. The van der Waals surface area contributed by atoms with Crippen molar-refractivity contribution in [2.24, 2.45) is 0 Å². The number of nitrogens with one attached hydrogen (secondary N) is 1. The number of hydrogen-bond donors (Lipinski definition) is 1. The second kappa shape index (κ2) is 5.60. The van der Waals surface area contributed by atoms with Gasteiger partial charge in [-0.15, -0.1) is 0 Å². The Balaban J connectivity index is 2.10. The van der Waals surface area contributed by atoms with Crippen LogP contribution in [0.4, 0.5) is 0 Å². The van der Waals surface area contributed by atoms with Crippen LogP contribution in [0.25, 0.3) is 0 Å². The van der Waals surface area contributed by atoms with Crippen LogP contribution in [0.3, 0.4) is 0 Å². The highest BCUT2D eigenvalue weighted by molar-refractivity contribution is 5.09. The molecule has 1 aromatic heterocycles. The molecular weight excluding hydrogens is 218 g/mol. The molecule has 1 aliphatic heterocycles. The van der Waals surface area contributed by atoms with Crippen molar-refractivity contribution in [3.05, 3.63) is 11.7 Å². The zero-order valence-electron chi connectivity index (χ0n) is 10.7. The fraction of sp³-hybridized carbons (Fsp3) is 0.833. The maximum Gasteiger partial charge on any atom is 0.234 e. The summed E-state index contributed by atoms with van der Waals surface area (Å²) in [5.74, 6) is 1.43. The van der Waals surface area contributed by atoms with Gasteiger partial charge in [0, 0.05) is 13.2 Å². The van der Waals surface area contributed by atoms with Crippen LogP contribution in [0.15, 0.2) is 4.52 Å². The SMILES string of the molecule is CCCC1(c2nc(COCC)no2)CCNC1. The fourth-order valence-corrected chi connectivity index (χ4v) is 2.45. The van der Waals surface area contributed by atoms with Gasteiger partial charge in [0.05, 0.1) is 5.41 Å². The van der Waals surface area contributed by atoms with Crippen LogP contribution in [0.5, 0.6) is 0 Å². The van der Waals surface area contributed by atoms with Gasteiger partial charge in [-0.1, -0.05) is 18.5 Å². The molecule has 0 aromatic carbocycles. The number of ether oxygens (including phenoxy) is 1. The van der Waals surface area contributed by atoms with Crippen LogP contribution in [-0.2, 0) is 16.8 Å². The van der Waals surface area contributed by atoms with Crippen molar-refractivity contribution >= 4 is 0 Å². The van der Waals surface area contributed by atoms with E-state index in [0.717, 1.165) is 38.2 Å². The van der Waals surface area contributed by atoms with Crippen LogP contribution in [0.2, 0.25) is 0 Å². The molecule has 2 rings (SSSR count). The third kappa shape index (κ3) is 2.66. The van der Waals surface area contributed by atoms with Gasteiger partial charge in [0.15, 0.2) is 5.82 Å². The Morgan fingerprint density at radius 2 is 2.35 bits per heavy atom. The van der Waals surface area contributed by atoms with E-state index in [1.807, 2.05) is 6.92 Å². The first kappa shape index (κ1) is 12.5. The minimum Gasteiger partial charge on any atom is -0.374 e. The molecule has 1 unspecified atom stereocenters. The van der Waals surface area contributed by atoms with Gasteiger partial charge < -0.3 is 14.6 Å². The molecule has 0 radical (unpaired) electrons. The van der Waals surface area contributed by atoms with Gasteiger partial charge in [-0.3, -0.25) is 0 Å². The highest BCUT2D eigenvalue weighted by Crippen LogP contribution is 2.34. The Bertz CT molecular complexity index is 345. The highest BCUT2D eigenvalue weighted by atomic mass is 16.5. The highest BCUT2D eigenvalue weighted by Gasteiger charge is 2.39.